The summed E-state index contributed by atoms with van der Waals surface area (Å²) in [4.78, 5) is 15.4. The molecular formula is C28H41ClN4O2. The molecule has 7 heteroatoms. The predicted octanol–water partition coefficient (Wildman–Crippen LogP) is 6.22. The van der Waals surface area contributed by atoms with Crippen molar-refractivity contribution < 1.29 is 9.90 Å². The van der Waals surface area contributed by atoms with Crippen LogP contribution in [-0.2, 0) is 4.79 Å². The second-order valence-corrected chi connectivity index (χ2v) is 8.90. The van der Waals surface area contributed by atoms with Crippen molar-refractivity contribution in [3.05, 3.63) is 82.0 Å². The van der Waals surface area contributed by atoms with Crippen LogP contribution in [0.1, 0.15) is 67.2 Å². The second-order valence-electron chi connectivity index (χ2n) is 8.47. The molecule has 2 heterocycles. The number of nitrogens with one attached hydrogen (secondary N) is 2. The number of halogens is 1. The lowest BCUT2D eigenvalue weighted by Crippen LogP contribution is -2.37. The van der Waals surface area contributed by atoms with Gasteiger partial charge in [-0.1, -0.05) is 44.2 Å². The second kappa shape index (κ2) is 15.2. The molecule has 5 N–H and O–H groups in total. The van der Waals surface area contributed by atoms with Crippen LogP contribution in [0.5, 0.6) is 0 Å². The molecular weight excluding hydrogens is 460 g/mol. The van der Waals surface area contributed by atoms with Gasteiger partial charge in [0.2, 0.25) is 0 Å². The quantitative estimate of drug-likeness (QED) is 0.368. The lowest BCUT2D eigenvalue weighted by atomic mass is 9.96. The van der Waals surface area contributed by atoms with Gasteiger partial charge in [0.1, 0.15) is 6.04 Å². The molecule has 6 nitrogen and oxygen atoms in total. The maximum absolute atomic E-state index is 10.6. The third-order valence-electron chi connectivity index (χ3n) is 5.49. The van der Waals surface area contributed by atoms with Crippen molar-refractivity contribution in [2.24, 2.45) is 10.7 Å². The number of allylic oxidation sites excluding steroid dienone is 8. The first-order valence-corrected chi connectivity index (χ1v) is 12.6. The van der Waals surface area contributed by atoms with Crippen LogP contribution >= 0.6 is 11.6 Å². The van der Waals surface area contributed by atoms with Crippen LogP contribution in [0.4, 0.5) is 0 Å². The van der Waals surface area contributed by atoms with Crippen LogP contribution in [0.3, 0.4) is 0 Å². The van der Waals surface area contributed by atoms with Crippen molar-refractivity contribution in [2.75, 3.05) is 0 Å². The highest BCUT2D eigenvalue weighted by Crippen LogP contribution is 2.27. The van der Waals surface area contributed by atoms with Gasteiger partial charge in [-0.3, -0.25) is 4.99 Å². The summed E-state index contributed by atoms with van der Waals surface area (Å²) < 4.78 is 0. The molecule has 0 fully saturated rings. The molecule has 2 unspecified atom stereocenters. The first kappa shape index (κ1) is 30.2. The fourth-order valence-electron chi connectivity index (χ4n) is 3.64. The highest BCUT2D eigenvalue weighted by atomic mass is 35.5. The molecule has 0 aromatic rings. The number of nitrogens with zero attached hydrogens (tertiary/aromatic N) is 1. The number of aliphatic carboxylic acids is 1. The average Bonchev–Trinajstić information content (AvgIpc) is 2.83. The van der Waals surface area contributed by atoms with Gasteiger partial charge in [-0.2, -0.15) is 0 Å². The number of carboxylic acid groups (broad SMARTS) is 1. The van der Waals surface area contributed by atoms with E-state index >= 15 is 0 Å². The standard InChI is InChI=1S/C18H24ClN3.C8H11NO2.C2H6/c1-12-9-18(15-7-5-4-6-8-15)22-14(3)17(13(2)20)10-16(19)11-21-12;1-5-3-4-6(2)9-7(5)8(10)11;1-2/h7,9-11,13,21H,1,4-6,8,20H2,2-3H3;3-4,7,9H,1-2H3,(H,10,11);1-2H3/b16-11+,17-10-,18-9-,22-14+;;. The third-order valence-corrected chi connectivity index (χ3v) is 5.71. The molecule has 192 valence electrons. The van der Waals surface area contributed by atoms with Gasteiger partial charge in [0.05, 0.1) is 10.7 Å². The Morgan fingerprint density at radius 1 is 1.23 bits per heavy atom. The Morgan fingerprint density at radius 2 is 1.91 bits per heavy atom. The zero-order valence-electron chi connectivity index (χ0n) is 21.9. The number of carbonyl (C=O) groups is 1. The number of dihydropyridines is 1. The van der Waals surface area contributed by atoms with Gasteiger partial charge in [0.15, 0.2) is 0 Å². The summed E-state index contributed by atoms with van der Waals surface area (Å²) in [6.07, 6.45) is 16.2. The highest BCUT2D eigenvalue weighted by Gasteiger charge is 2.20. The lowest BCUT2D eigenvalue weighted by molar-refractivity contribution is -0.138. The van der Waals surface area contributed by atoms with Gasteiger partial charge < -0.3 is 21.5 Å². The van der Waals surface area contributed by atoms with Crippen molar-refractivity contribution in [1.29, 1.82) is 0 Å². The first-order chi connectivity index (χ1) is 16.6. The Morgan fingerprint density at radius 3 is 2.46 bits per heavy atom. The summed E-state index contributed by atoms with van der Waals surface area (Å²) in [5, 5.41) is 15.2. The van der Waals surface area contributed by atoms with Gasteiger partial charge in [0, 0.05) is 29.3 Å². The van der Waals surface area contributed by atoms with Crippen LogP contribution < -0.4 is 16.4 Å². The minimum absolute atomic E-state index is 0.130. The summed E-state index contributed by atoms with van der Waals surface area (Å²) in [5.74, 6) is -0.828. The van der Waals surface area contributed by atoms with Crippen LogP contribution in [0.2, 0.25) is 0 Å². The van der Waals surface area contributed by atoms with Crippen LogP contribution in [-0.4, -0.2) is 28.9 Å². The van der Waals surface area contributed by atoms with E-state index < -0.39 is 12.0 Å². The number of hydrogen-bond donors (Lipinski definition) is 4. The van der Waals surface area contributed by atoms with Gasteiger partial charge in [-0.05, 0) is 88.3 Å². The van der Waals surface area contributed by atoms with Crippen molar-refractivity contribution in [3.8, 4) is 0 Å². The van der Waals surface area contributed by atoms with E-state index in [4.69, 9.17) is 27.4 Å². The van der Waals surface area contributed by atoms with Gasteiger partial charge >= 0.3 is 5.97 Å². The van der Waals surface area contributed by atoms with E-state index in [1.165, 1.54) is 18.4 Å². The first-order valence-electron chi connectivity index (χ1n) is 12.2. The van der Waals surface area contributed by atoms with Gasteiger partial charge in [-0.25, -0.2) is 4.79 Å². The smallest absolute Gasteiger partial charge is 0.330 e. The Kier molecular flexibility index (Phi) is 13.1. The molecule has 35 heavy (non-hydrogen) atoms. The largest absolute Gasteiger partial charge is 0.479 e. The van der Waals surface area contributed by atoms with Gasteiger partial charge in [-0.15, -0.1) is 0 Å². The molecule has 2 atom stereocenters. The summed E-state index contributed by atoms with van der Waals surface area (Å²) in [7, 11) is 0. The molecule has 2 aliphatic heterocycles. The van der Waals surface area contributed by atoms with Crippen molar-refractivity contribution >= 4 is 23.3 Å². The molecule has 0 spiro atoms. The van der Waals surface area contributed by atoms with Crippen molar-refractivity contribution in [2.45, 2.75) is 79.3 Å². The average molecular weight is 501 g/mol. The Labute approximate surface area is 215 Å². The molecule has 0 amide bonds. The topological polar surface area (TPSA) is 99.7 Å². The van der Waals surface area contributed by atoms with E-state index in [1.54, 1.807) is 13.1 Å². The minimum Gasteiger partial charge on any atom is -0.479 e. The zero-order chi connectivity index (χ0) is 26.5. The molecule has 0 aromatic carbocycles. The normalized spacial score (nSPS) is 27.0. The molecule has 3 aliphatic rings. The number of rotatable bonds is 3. The van der Waals surface area contributed by atoms with E-state index in [2.05, 4.69) is 23.3 Å². The van der Waals surface area contributed by atoms with Crippen molar-refractivity contribution in [3.63, 3.8) is 0 Å². The van der Waals surface area contributed by atoms with Gasteiger partial charge in [0.25, 0.3) is 0 Å². The van der Waals surface area contributed by atoms with Crippen LogP contribution in [0, 0.1) is 0 Å². The monoisotopic (exact) mass is 500 g/mol. The Balaban J connectivity index is 0.000000395. The molecule has 1 aliphatic carbocycles. The molecule has 3 rings (SSSR count). The highest BCUT2D eigenvalue weighted by molar-refractivity contribution is 6.31. The zero-order valence-corrected chi connectivity index (χ0v) is 22.7. The number of carboxylic acids is 1. The van der Waals surface area contributed by atoms with E-state index in [0.717, 1.165) is 46.8 Å². The van der Waals surface area contributed by atoms with Crippen molar-refractivity contribution in [1.82, 2.24) is 10.6 Å². The third kappa shape index (κ3) is 10.1. The maximum atomic E-state index is 10.6. The maximum Gasteiger partial charge on any atom is 0.330 e. The van der Waals surface area contributed by atoms with E-state index in [1.807, 2.05) is 58.9 Å². The van der Waals surface area contributed by atoms with E-state index in [9.17, 15) is 4.79 Å². The Bertz CT molecular complexity index is 994. The SMILES string of the molecule is C=C1\C=C(C2=CCCCC2)/N=C(C)/C(C(C)N)=C\C(Cl)=C/N1.CC.CC1=CC=C(C)C(C(=O)O)N1. The predicted molar refractivity (Wildman–Crippen MR) is 149 cm³/mol. The van der Waals surface area contributed by atoms with Crippen LogP contribution in [0.25, 0.3) is 0 Å². The Hall–Kier alpha value is -2.83. The van der Waals surface area contributed by atoms with E-state index in [0.29, 0.717) is 5.03 Å². The summed E-state index contributed by atoms with van der Waals surface area (Å²) in [6, 6.07) is -0.671. The molecule has 0 saturated carbocycles. The molecule has 0 radical (unpaired) electrons. The number of aliphatic imine (C=N–C) groups is 1. The number of nitrogens with two attached hydrogens (primary N) is 1. The molecule has 0 bridgehead atoms. The molecule has 0 aromatic heterocycles. The fourth-order valence-corrected chi connectivity index (χ4v) is 3.81. The summed E-state index contributed by atoms with van der Waals surface area (Å²) in [6.45, 7) is 15.6. The minimum atomic E-state index is -0.828. The lowest BCUT2D eigenvalue weighted by Gasteiger charge is -2.19. The van der Waals surface area contributed by atoms with E-state index in [-0.39, 0.29) is 6.04 Å². The number of hydrogen-bond acceptors (Lipinski definition) is 5. The fraction of sp³-hybridized carbons (Fsp3) is 0.429. The summed E-state index contributed by atoms with van der Waals surface area (Å²) >= 11 is 6.21. The molecule has 0 saturated heterocycles. The van der Waals surface area contributed by atoms with Crippen LogP contribution in [0.15, 0.2) is 87.0 Å². The summed E-state index contributed by atoms with van der Waals surface area (Å²) in [5.41, 5.74) is 12.7.